The van der Waals surface area contributed by atoms with Gasteiger partial charge in [-0.1, -0.05) is 24.3 Å². The molecule has 1 aliphatic carbocycles. The van der Waals surface area contributed by atoms with Crippen LogP contribution in [0.4, 0.5) is 4.39 Å². The van der Waals surface area contributed by atoms with Crippen molar-refractivity contribution in [2.45, 2.75) is 25.2 Å². The van der Waals surface area contributed by atoms with E-state index < -0.39 is 11.8 Å². The van der Waals surface area contributed by atoms with E-state index in [9.17, 15) is 14.4 Å². The van der Waals surface area contributed by atoms with Crippen LogP contribution in [0.1, 0.15) is 35.7 Å². The van der Waals surface area contributed by atoms with Gasteiger partial charge in [0.25, 0.3) is 0 Å². The lowest BCUT2D eigenvalue weighted by Crippen LogP contribution is -2.08. The van der Waals surface area contributed by atoms with E-state index in [2.05, 4.69) is 11.1 Å². The minimum atomic E-state index is -0.495. The molecule has 0 atom stereocenters. The van der Waals surface area contributed by atoms with Gasteiger partial charge in [-0.2, -0.15) is 5.26 Å². The second kappa shape index (κ2) is 6.48. The van der Waals surface area contributed by atoms with Crippen LogP contribution in [0.5, 0.6) is 0 Å². The van der Waals surface area contributed by atoms with Gasteiger partial charge in [0.2, 0.25) is 0 Å². The van der Waals surface area contributed by atoms with Gasteiger partial charge < -0.3 is 4.74 Å². The van der Waals surface area contributed by atoms with Crippen molar-refractivity contribution in [1.82, 2.24) is 4.98 Å². The van der Waals surface area contributed by atoms with Crippen LogP contribution in [0, 0.1) is 17.1 Å². The van der Waals surface area contributed by atoms with Gasteiger partial charge >= 0.3 is 5.97 Å². The van der Waals surface area contributed by atoms with Gasteiger partial charge in [-0.25, -0.2) is 9.18 Å². The van der Waals surface area contributed by atoms with Gasteiger partial charge in [-0.15, -0.1) is 0 Å². The van der Waals surface area contributed by atoms with Crippen molar-refractivity contribution in [1.29, 1.82) is 5.26 Å². The Kier molecular flexibility index (Phi) is 4.12. The Morgan fingerprint density at radius 1 is 1.26 bits per heavy atom. The first-order chi connectivity index (χ1) is 13.1. The predicted molar refractivity (Wildman–Crippen MR) is 99.6 cm³/mol. The third kappa shape index (κ3) is 2.93. The standard InChI is InChI=1S/C22H17FN2O2/c1-2-27-21(26)18-12-25-19-8-7-16(23)11-17(19)20(18)14-3-5-15(6-4-14)22(13-24)9-10-22/h3-8,11-12H,2,9-10H2,1H3. The van der Waals surface area contributed by atoms with Crippen molar-refractivity contribution in [2.24, 2.45) is 0 Å². The zero-order chi connectivity index (χ0) is 19.0. The molecule has 0 aliphatic heterocycles. The van der Waals surface area contributed by atoms with Crippen molar-refractivity contribution in [3.8, 4) is 17.2 Å². The Balaban J connectivity index is 1.90. The van der Waals surface area contributed by atoms with Gasteiger partial charge in [0.15, 0.2) is 0 Å². The molecule has 1 aromatic heterocycles. The van der Waals surface area contributed by atoms with E-state index >= 15 is 0 Å². The number of hydrogen-bond donors (Lipinski definition) is 0. The fraction of sp³-hybridized carbons (Fsp3) is 0.227. The maximum atomic E-state index is 13.9. The molecule has 2 aromatic carbocycles. The molecule has 0 radical (unpaired) electrons. The molecule has 5 heteroatoms. The maximum absolute atomic E-state index is 13.9. The summed E-state index contributed by atoms with van der Waals surface area (Å²) in [5, 5.41) is 9.93. The van der Waals surface area contributed by atoms with Crippen LogP contribution >= 0.6 is 0 Å². The van der Waals surface area contributed by atoms with Crippen LogP contribution in [0.2, 0.25) is 0 Å². The quantitative estimate of drug-likeness (QED) is 0.629. The topological polar surface area (TPSA) is 63.0 Å². The number of rotatable bonds is 4. The zero-order valence-electron chi connectivity index (χ0n) is 14.8. The first kappa shape index (κ1) is 17.2. The number of halogens is 1. The van der Waals surface area contributed by atoms with Crippen LogP contribution in [0.25, 0.3) is 22.0 Å². The normalized spacial score (nSPS) is 14.6. The second-order valence-corrected chi connectivity index (χ2v) is 6.70. The first-order valence-corrected chi connectivity index (χ1v) is 8.85. The highest BCUT2D eigenvalue weighted by Crippen LogP contribution is 2.48. The lowest BCUT2D eigenvalue weighted by Gasteiger charge is -2.14. The summed E-state index contributed by atoms with van der Waals surface area (Å²) in [6.07, 6.45) is 3.19. The molecule has 1 fully saturated rings. The van der Waals surface area contributed by atoms with Gasteiger partial charge in [0.05, 0.1) is 29.2 Å². The molecule has 4 rings (SSSR count). The molecule has 1 heterocycles. The Hall–Kier alpha value is -3.26. The highest BCUT2D eigenvalue weighted by atomic mass is 19.1. The maximum Gasteiger partial charge on any atom is 0.340 e. The lowest BCUT2D eigenvalue weighted by molar-refractivity contribution is 0.0527. The van der Waals surface area contributed by atoms with Crippen LogP contribution in [-0.2, 0) is 10.2 Å². The lowest BCUT2D eigenvalue weighted by atomic mass is 9.92. The molecule has 0 saturated heterocycles. The number of pyridine rings is 1. The number of carbonyl (C=O) groups is 1. The predicted octanol–water partition coefficient (Wildman–Crippen LogP) is 4.77. The molecule has 0 amide bonds. The smallest absolute Gasteiger partial charge is 0.340 e. The summed E-state index contributed by atoms with van der Waals surface area (Å²) in [4.78, 5) is 16.7. The van der Waals surface area contributed by atoms with Crippen molar-refractivity contribution >= 4 is 16.9 Å². The molecule has 134 valence electrons. The van der Waals surface area contributed by atoms with Crippen molar-refractivity contribution in [3.63, 3.8) is 0 Å². The molecule has 0 bridgehead atoms. The van der Waals surface area contributed by atoms with Crippen molar-refractivity contribution < 1.29 is 13.9 Å². The zero-order valence-corrected chi connectivity index (χ0v) is 14.8. The first-order valence-electron chi connectivity index (χ1n) is 8.85. The fourth-order valence-corrected chi connectivity index (χ4v) is 3.39. The monoisotopic (exact) mass is 360 g/mol. The van der Waals surface area contributed by atoms with Gasteiger partial charge in [0.1, 0.15) is 5.82 Å². The van der Waals surface area contributed by atoms with Crippen molar-refractivity contribution in [2.75, 3.05) is 6.61 Å². The Bertz CT molecular complexity index is 1080. The number of esters is 1. The van der Waals surface area contributed by atoms with Gasteiger partial charge in [0, 0.05) is 17.1 Å². The van der Waals surface area contributed by atoms with E-state index in [1.165, 1.54) is 18.3 Å². The molecule has 3 aromatic rings. The van der Waals surface area contributed by atoms with E-state index in [-0.39, 0.29) is 12.0 Å². The second-order valence-electron chi connectivity index (χ2n) is 6.70. The average Bonchev–Trinajstić information content (AvgIpc) is 3.48. The third-order valence-corrected chi connectivity index (χ3v) is 5.02. The number of nitrogens with zero attached hydrogens (tertiary/aromatic N) is 2. The van der Waals surface area contributed by atoms with Crippen molar-refractivity contribution in [3.05, 3.63) is 65.6 Å². The molecule has 1 aliphatic rings. The summed E-state index contributed by atoms with van der Waals surface area (Å²) in [6.45, 7) is 1.97. The molecule has 4 nitrogen and oxygen atoms in total. The molecule has 27 heavy (non-hydrogen) atoms. The minimum absolute atomic E-state index is 0.239. The molecule has 0 spiro atoms. The number of fused-ring (bicyclic) bond motifs is 1. The SMILES string of the molecule is CCOC(=O)c1cnc2ccc(F)cc2c1-c1ccc(C2(C#N)CC2)cc1. The van der Waals surface area contributed by atoms with Gasteiger partial charge in [-0.3, -0.25) is 4.98 Å². The highest BCUT2D eigenvalue weighted by molar-refractivity contribution is 6.06. The van der Waals surface area contributed by atoms with E-state index in [4.69, 9.17) is 4.74 Å². The minimum Gasteiger partial charge on any atom is -0.462 e. The fourth-order valence-electron chi connectivity index (χ4n) is 3.39. The number of nitriles is 1. The summed E-state index contributed by atoms with van der Waals surface area (Å²) >= 11 is 0. The largest absolute Gasteiger partial charge is 0.462 e. The van der Waals surface area contributed by atoms with E-state index in [0.29, 0.717) is 22.0 Å². The molecular weight excluding hydrogens is 343 g/mol. The van der Waals surface area contributed by atoms with Crippen LogP contribution in [0.15, 0.2) is 48.7 Å². The number of benzene rings is 2. The van der Waals surface area contributed by atoms with Crippen LogP contribution in [-0.4, -0.2) is 17.6 Å². The number of hydrogen-bond acceptors (Lipinski definition) is 4. The van der Waals surface area contributed by atoms with Crippen LogP contribution < -0.4 is 0 Å². The molecule has 0 unspecified atom stereocenters. The summed E-state index contributed by atoms with van der Waals surface area (Å²) in [5.41, 5.74) is 2.83. The number of aromatic nitrogens is 1. The van der Waals surface area contributed by atoms with E-state index in [0.717, 1.165) is 24.0 Å². The molecular formula is C22H17FN2O2. The Morgan fingerprint density at radius 3 is 2.63 bits per heavy atom. The number of carbonyl (C=O) groups excluding carboxylic acids is 1. The van der Waals surface area contributed by atoms with E-state index in [1.54, 1.807) is 13.0 Å². The van der Waals surface area contributed by atoms with Crippen LogP contribution in [0.3, 0.4) is 0 Å². The third-order valence-electron chi connectivity index (χ3n) is 5.02. The summed E-state index contributed by atoms with van der Waals surface area (Å²) in [7, 11) is 0. The Labute approximate surface area is 156 Å². The summed E-state index contributed by atoms with van der Waals surface area (Å²) < 4.78 is 19.1. The van der Waals surface area contributed by atoms with E-state index in [1.807, 2.05) is 24.3 Å². The molecule has 1 saturated carbocycles. The van der Waals surface area contributed by atoms with Gasteiger partial charge in [-0.05, 0) is 49.1 Å². The Morgan fingerprint density at radius 2 is 2.00 bits per heavy atom. The molecule has 0 N–H and O–H groups in total. The summed E-state index contributed by atoms with van der Waals surface area (Å²) in [5.74, 6) is -0.893. The summed E-state index contributed by atoms with van der Waals surface area (Å²) in [6, 6.07) is 14.2. The number of ether oxygens (including phenoxy) is 1. The average molecular weight is 360 g/mol. The highest BCUT2D eigenvalue weighted by Gasteiger charge is 2.44.